The first-order chi connectivity index (χ1) is 10.8. The highest BCUT2D eigenvalue weighted by Gasteiger charge is 2.35. The summed E-state index contributed by atoms with van der Waals surface area (Å²) in [7, 11) is -1.35. The molecule has 126 valence electrons. The number of halogens is 1. The van der Waals surface area contributed by atoms with Gasteiger partial charge in [0.15, 0.2) is 9.84 Å². The molecule has 0 saturated carbocycles. The van der Waals surface area contributed by atoms with Crippen molar-refractivity contribution in [3.63, 3.8) is 0 Å². The maximum Gasteiger partial charge on any atom is 0.320 e. The zero-order valence-electron chi connectivity index (χ0n) is 13.4. The second-order valence-corrected chi connectivity index (χ2v) is 8.71. The van der Waals surface area contributed by atoms with Crippen molar-refractivity contribution in [3.8, 4) is 0 Å². The van der Waals surface area contributed by atoms with Crippen LogP contribution in [0, 0.1) is 12.7 Å². The lowest BCUT2D eigenvalue weighted by Gasteiger charge is -2.35. The second kappa shape index (κ2) is 5.78. The Balaban J connectivity index is 1.74. The van der Waals surface area contributed by atoms with Crippen LogP contribution in [0.15, 0.2) is 12.1 Å². The van der Waals surface area contributed by atoms with E-state index in [0.717, 1.165) is 16.7 Å². The smallest absolute Gasteiger partial charge is 0.320 e. The normalized spacial score (nSPS) is 22.7. The lowest BCUT2D eigenvalue weighted by Crippen LogP contribution is -2.48. The number of hydrogen-bond acceptors (Lipinski definition) is 3. The predicted molar refractivity (Wildman–Crippen MR) is 85.5 cm³/mol. The third-order valence-electron chi connectivity index (χ3n) is 4.86. The number of nitrogens with zero attached hydrogens (tertiary/aromatic N) is 2. The van der Waals surface area contributed by atoms with E-state index in [2.05, 4.69) is 0 Å². The van der Waals surface area contributed by atoms with Gasteiger partial charge < -0.3 is 9.80 Å². The van der Waals surface area contributed by atoms with E-state index in [4.69, 9.17) is 0 Å². The Morgan fingerprint density at radius 1 is 1.39 bits per heavy atom. The fourth-order valence-corrected chi connectivity index (χ4v) is 5.21. The number of fused-ring (bicyclic) bond motifs is 1. The topological polar surface area (TPSA) is 57.7 Å². The maximum atomic E-state index is 13.5. The molecule has 23 heavy (non-hydrogen) atoms. The summed E-state index contributed by atoms with van der Waals surface area (Å²) in [5.41, 5.74) is 2.81. The van der Waals surface area contributed by atoms with Gasteiger partial charge in [-0.1, -0.05) is 0 Å². The number of benzene rings is 1. The molecular formula is C16H21FN2O3S. The SMILES string of the molecule is Cc1cc(F)cc2c1CN(C(=O)N(C)C1CCS(=O)(=O)C1)CC2. The molecule has 0 radical (unpaired) electrons. The molecular weight excluding hydrogens is 319 g/mol. The Bertz CT molecular complexity index is 748. The van der Waals surface area contributed by atoms with Crippen molar-refractivity contribution in [1.29, 1.82) is 0 Å². The molecule has 1 fully saturated rings. The third kappa shape index (κ3) is 3.20. The highest BCUT2D eigenvalue weighted by atomic mass is 32.2. The summed E-state index contributed by atoms with van der Waals surface area (Å²) in [6.07, 6.45) is 1.12. The first-order valence-corrected chi connectivity index (χ1v) is 9.59. The molecule has 0 spiro atoms. The second-order valence-electron chi connectivity index (χ2n) is 6.48. The highest BCUT2D eigenvalue weighted by Crippen LogP contribution is 2.25. The standard InChI is InChI=1S/C16H21FN2O3S/c1-11-7-13(17)8-12-3-5-19(9-15(11)12)16(20)18(2)14-4-6-23(21,22)10-14/h7-8,14H,3-6,9-10H2,1-2H3. The predicted octanol–water partition coefficient (Wildman–Crippen LogP) is 1.73. The Morgan fingerprint density at radius 2 is 2.13 bits per heavy atom. The minimum absolute atomic E-state index is 0.0455. The van der Waals surface area contributed by atoms with Gasteiger partial charge in [0.25, 0.3) is 0 Å². The molecule has 2 heterocycles. The van der Waals surface area contributed by atoms with E-state index in [1.54, 1.807) is 16.8 Å². The number of sulfone groups is 1. The van der Waals surface area contributed by atoms with Gasteiger partial charge in [0.1, 0.15) is 5.82 Å². The van der Waals surface area contributed by atoms with Crippen molar-refractivity contribution < 1.29 is 17.6 Å². The first-order valence-electron chi connectivity index (χ1n) is 7.77. The lowest BCUT2D eigenvalue weighted by molar-refractivity contribution is 0.145. The summed E-state index contributed by atoms with van der Waals surface area (Å²) in [6.45, 7) is 2.83. The van der Waals surface area contributed by atoms with Gasteiger partial charge in [-0.2, -0.15) is 0 Å². The molecule has 0 aromatic heterocycles. The van der Waals surface area contributed by atoms with Gasteiger partial charge >= 0.3 is 6.03 Å². The van der Waals surface area contributed by atoms with E-state index in [9.17, 15) is 17.6 Å². The van der Waals surface area contributed by atoms with Crippen LogP contribution in [0.3, 0.4) is 0 Å². The molecule has 2 aliphatic rings. The molecule has 1 aromatic rings. The number of amides is 2. The fourth-order valence-electron chi connectivity index (χ4n) is 3.44. The number of aryl methyl sites for hydroxylation is 1. The van der Waals surface area contributed by atoms with E-state index >= 15 is 0 Å². The van der Waals surface area contributed by atoms with E-state index in [1.165, 1.54) is 12.1 Å². The fraction of sp³-hybridized carbons (Fsp3) is 0.562. The van der Waals surface area contributed by atoms with Crippen LogP contribution in [0.4, 0.5) is 9.18 Å². The molecule has 1 saturated heterocycles. The van der Waals surface area contributed by atoms with Crippen molar-refractivity contribution in [3.05, 3.63) is 34.6 Å². The number of urea groups is 1. The number of rotatable bonds is 1. The van der Waals surface area contributed by atoms with Gasteiger partial charge in [-0.3, -0.25) is 0 Å². The summed E-state index contributed by atoms with van der Waals surface area (Å²) in [4.78, 5) is 15.9. The molecule has 2 aliphatic heterocycles. The van der Waals surface area contributed by atoms with Gasteiger partial charge in [-0.05, 0) is 48.6 Å². The van der Waals surface area contributed by atoms with Crippen LogP contribution >= 0.6 is 0 Å². The lowest BCUT2D eigenvalue weighted by atomic mass is 9.95. The maximum absolute atomic E-state index is 13.5. The molecule has 3 rings (SSSR count). The van der Waals surface area contributed by atoms with E-state index in [0.29, 0.717) is 25.9 Å². The number of carbonyl (C=O) groups is 1. The van der Waals surface area contributed by atoms with Gasteiger partial charge in [0, 0.05) is 26.2 Å². The third-order valence-corrected chi connectivity index (χ3v) is 6.61. The molecule has 0 aliphatic carbocycles. The molecule has 5 nitrogen and oxygen atoms in total. The zero-order chi connectivity index (χ0) is 16.8. The van der Waals surface area contributed by atoms with Crippen molar-refractivity contribution >= 4 is 15.9 Å². The largest absolute Gasteiger partial charge is 0.324 e. The molecule has 1 atom stereocenters. The van der Waals surface area contributed by atoms with Crippen LogP contribution in [0.5, 0.6) is 0 Å². The molecule has 7 heteroatoms. The van der Waals surface area contributed by atoms with Gasteiger partial charge in [-0.15, -0.1) is 0 Å². The van der Waals surface area contributed by atoms with E-state index in [1.807, 2.05) is 6.92 Å². The van der Waals surface area contributed by atoms with Crippen LogP contribution in [0.25, 0.3) is 0 Å². The Kier molecular flexibility index (Phi) is 4.08. The quantitative estimate of drug-likeness (QED) is 0.782. The highest BCUT2D eigenvalue weighted by molar-refractivity contribution is 7.91. The zero-order valence-corrected chi connectivity index (χ0v) is 14.2. The Labute approximate surface area is 136 Å². The minimum Gasteiger partial charge on any atom is -0.324 e. The van der Waals surface area contributed by atoms with Crippen molar-refractivity contribution in [2.24, 2.45) is 0 Å². The molecule has 2 amide bonds. The van der Waals surface area contributed by atoms with Crippen LogP contribution in [0.1, 0.15) is 23.1 Å². The van der Waals surface area contributed by atoms with Crippen LogP contribution in [0.2, 0.25) is 0 Å². The molecule has 1 unspecified atom stereocenters. The Morgan fingerprint density at radius 3 is 2.78 bits per heavy atom. The summed E-state index contributed by atoms with van der Waals surface area (Å²) in [5.74, 6) is -0.0465. The van der Waals surface area contributed by atoms with E-state index < -0.39 is 9.84 Å². The van der Waals surface area contributed by atoms with Gasteiger partial charge in [-0.25, -0.2) is 17.6 Å². The van der Waals surface area contributed by atoms with Crippen molar-refractivity contribution in [2.45, 2.75) is 32.4 Å². The van der Waals surface area contributed by atoms with E-state index in [-0.39, 0.29) is 29.4 Å². The Hall–Kier alpha value is -1.63. The average Bonchev–Trinajstić information content (AvgIpc) is 2.85. The average molecular weight is 340 g/mol. The number of carbonyl (C=O) groups excluding carboxylic acids is 1. The van der Waals surface area contributed by atoms with Crippen LogP contribution in [-0.4, -0.2) is 55.4 Å². The summed E-state index contributed by atoms with van der Waals surface area (Å²) >= 11 is 0. The molecule has 0 N–H and O–H groups in total. The van der Waals surface area contributed by atoms with Crippen LogP contribution < -0.4 is 0 Å². The van der Waals surface area contributed by atoms with Crippen molar-refractivity contribution in [1.82, 2.24) is 9.80 Å². The van der Waals surface area contributed by atoms with Gasteiger partial charge in [0.2, 0.25) is 0 Å². The van der Waals surface area contributed by atoms with Crippen LogP contribution in [-0.2, 0) is 22.8 Å². The summed E-state index contributed by atoms with van der Waals surface area (Å²) in [6, 6.07) is 2.63. The first kappa shape index (κ1) is 16.2. The number of hydrogen-bond donors (Lipinski definition) is 0. The monoisotopic (exact) mass is 340 g/mol. The van der Waals surface area contributed by atoms with Gasteiger partial charge in [0.05, 0.1) is 11.5 Å². The molecule has 1 aromatic carbocycles. The van der Waals surface area contributed by atoms with Crippen molar-refractivity contribution in [2.75, 3.05) is 25.1 Å². The summed E-state index contributed by atoms with van der Waals surface area (Å²) in [5, 5.41) is 0. The molecule has 0 bridgehead atoms. The summed E-state index contributed by atoms with van der Waals surface area (Å²) < 4.78 is 36.7. The minimum atomic E-state index is -3.02.